The Labute approximate surface area is 112 Å². The van der Waals surface area contributed by atoms with Gasteiger partial charge in [0.1, 0.15) is 0 Å². The minimum absolute atomic E-state index is 0.0338. The number of aryl methyl sites for hydroxylation is 1. The molecular weight excluding hydrogens is 248 g/mol. The van der Waals surface area contributed by atoms with Crippen LogP contribution in [-0.2, 0) is 16.0 Å². The fourth-order valence-electron chi connectivity index (χ4n) is 1.87. The summed E-state index contributed by atoms with van der Waals surface area (Å²) >= 11 is 1.11. The maximum Gasteiger partial charge on any atom is 0.307 e. The quantitative estimate of drug-likeness (QED) is 0.860. The van der Waals surface area contributed by atoms with Crippen LogP contribution in [0.5, 0.6) is 0 Å². The first-order chi connectivity index (χ1) is 8.50. The van der Waals surface area contributed by atoms with Gasteiger partial charge in [0.25, 0.3) is 0 Å². The van der Waals surface area contributed by atoms with Gasteiger partial charge in [0.15, 0.2) is 5.12 Å². The van der Waals surface area contributed by atoms with Gasteiger partial charge in [-0.2, -0.15) is 0 Å². The normalized spacial score (nSPS) is 13.9. The van der Waals surface area contributed by atoms with Gasteiger partial charge in [0, 0.05) is 12.2 Å². The Hall–Kier alpha value is -1.29. The molecule has 0 heterocycles. The Morgan fingerprint density at radius 3 is 2.39 bits per heavy atom. The monoisotopic (exact) mass is 266 g/mol. The number of rotatable bonds is 6. The number of carbonyl (C=O) groups is 2. The molecular formula is C14H18O3S. The van der Waals surface area contributed by atoms with Gasteiger partial charge >= 0.3 is 5.97 Å². The minimum atomic E-state index is -0.827. The summed E-state index contributed by atoms with van der Waals surface area (Å²) < 4.78 is 0. The van der Waals surface area contributed by atoms with Gasteiger partial charge in [0.05, 0.1) is 5.92 Å². The first-order valence-electron chi connectivity index (χ1n) is 5.94. The smallest absolute Gasteiger partial charge is 0.307 e. The summed E-state index contributed by atoms with van der Waals surface area (Å²) in [6.07, 6.45) is 1.28. The first kappa shape index (κ1) is 14.8. The highest BCUT2D eigenvalue weighted by Gasteiger charge is 2.25. The molecule has 1 aromatic carbocycles. The van der Waals surface area contributed by atoms with E-state index >= 15 is 0 Å². The number of carbonyl (C=O) groups excluding carboxylic acids is 1. The van der Waals surface area contributed by atoms with Crippen molar-refractivity contribution in [2.24, 2.45) is 5.92 Å². The number of benzene rings is 1. The summed E-state index contributed by atoms with van der Waals surface area (Å²) in [4.78, 5) is 22.2. The van der Waals surface area contributed by atoms with Crippen LogP contribution >= 0.6 is 11.8 Å². The summed E-state index contributed by atoms with van der Waals surface area (Å²) in [7, 11) is 0. The van der Waals surface area contributed by atoms with Crippen LogP contribution in [0.25, 0.3) is 0 Å². The topological polar surface area (TPSA) is 54.4 Å². The predicted octanol–water partition coefficient (Wildman–Crippen LogP) is 2.99. The van der Waals surface area contributed by atoms with Crippen molar-refractivity contribution in [2.45, 2.75) is 31.9 Å². The highest BCUT2D eigenvalue weighted by Crippen LogP contribution is 2.24. The number of carboxylic acid groups (broad SMARTS) is 1. The lowest BCUT2D eigenvalue weighted by atomic mass is 9.97. The fraction of sp³-hybridized carbons (Fsp3) is 0.429. The molecule has 0 amide bonds. The fourth-order valence-corrected chi connectivity index (χ4v) is 2.81. The van der Waals surface area contributed by atoms with Crippen LogP contribution in [-0.4, -0.2) is 21.4 Å². The average Bonchev–Trinajstić information content (AvgIpc) is 2.29. The third-order valence-corrected chi connectivity index (χ3v) is 3.85. The van der Waals surface area contributed by atoms with E-state index in [0.29, 0.717) is 6.42 Å². The molecule has 98 valence electrons. The highest BCUT2D eigenvalue weighted by molar-refractivity contribution is 8.14. The van der Waals surface area contributed by atoms with Crippen molar-refractivity contribution in [1.29, 1.82) is 0 Å². The number of aliphatic carboxylic acids is 1. The molecule has 1 aromatic rings. The van der Waals surface area contributed by atoms with Crippen LogP contribution in [0.2, 0.25) is 0 Å². The van der Waals surface area contributed by atoms with E-state index < -0.39 is 11.9 Å². The lowest BCUT2D eigenvalue weighted by molar-refractivity contribution is -0.141. The minimum Gasteiger partial charge on any atom is -0.481 e. The Morgan fingerprint density at radius 2 is 1.89 bits per heavy atom. The van der Waals surface area contributed by atoms with E-state index in [9.17, 15) is 14.7 Å². The molecule has 1 rings (SSSR count). The van der Waals surface area contributed by atoms with Crippen molar-refractivity contribution in [3.05, 3.63) is 35.9 Å². The van der Waals surface area contributed by atoms with Crippen molar-refractivity contribution in [3.8, 4) is 0 Å². The van der Waals surface area contributed by atoms with Crippen molar-refractivity contribution >= 4 is 22.8 Å². The van der Waals surface area contributed by atoms with E-state index in [4.69, 9.17) is 0 Å². The Kier molecular flexibility index (Phi) is 5.92. The van der Waals surface area contributed by atoms with E-state index in [0.717, 1.165) is 23.7 Å². The van der Waals surface area contributed by atoms with Gasteiger partial charge in [0.2, 0.25) is 0 Å². The maximum atomic E-state index is 11.2. The second-order valence-electron chi connectivity index (χ2n) is 4.28. The molecule has 0 spiro atoms. The van der Waals surface area contributed by atoms with Gasteiger partial charge in [-0.05, 0) is 18.4 Å². The molecule has 0 aliphatic carbocycles. The molecule has 1 N–H and O–H groups in total. The summed E-state index contributed by atoms with van der Waals surface area (Å²) in [5, 5.41) is 8.99. The summed E-state index contributed by atoms with van der Waals surface area (Å²) in [6, 6.07) is 9.80. The van der Waals surface area contributed by atoms with Gasteiger partial charge < -0.3 is 5.11 Å². The standard InChI is InChI=1S/C14H18O3S/c1-10(18-11(2)15)13(14(16)17)9-8-12-6-4-3-5-7-12/h3-7,10,13H,8-9H2,1-2H3,(H,16,17)/t10-,13-/m1/s1. The largest absolute Gasteiger partial charge is 0.481 e. The average molecular weight is 266 g/mol. The van der Waals surface area contributed by atoms with Crippen LogP contribution in [0.3, 0.4) is 0 Å². The summed E-state index contributed by atoms with van der Waals surface area (Å²) in [5.74, 6) is -1.31. The summed E-state index contributed by atoms with van der Waals surface area (Å²) in [6.45, 7) is 3.27. The predicted molar refractivity (Wildman–Crippen MR) is 73.6 cm³/mol. The third kappa shape index (κ3) is 4.92. The molecule has 0 unspecified atom stereocenters. The van der Waals surface area contributed by atoms with E-state index in [1.54, 1.807) is 6.92 Å². The SMILES string of the molecule is CC(=O)S[C@H](C)[C@@H](CCc1ccccc1)C(=O)O. The number of thioether (sulfide) groups is 1. The second kappa shape index (κ2) is 7.21. The van der Waals surface area contributed by atoms with E-state index in [-0.39, 0.29) is 10.4 Å². The molecule has 0 saturated heterocycles. The molecule has 0 aliphatic heterocycles. The third-order valence-electron chi connectivity index (χ3n) is 2.82. The number of carboxylic acids is 1. The molecule has 0 radical (unpaired) electrons. The zero-order chi connectivity index (χ0) is 13.5. The second-order valence-corrected chi connectivity index (χ2v) is 5.84. The van der Waals surface area contributed by atoms with Crippen molar-refractivity contribution in [3.63, 3.8) is 0 Å². The number of hydrogen-bond acceptors (Lipinski definition) is 3. The molecule has 4 heteroatoms. The maximum absolute atomic E-state index is 11.2. The van der Waals surface area contributed by atoms with Crippen molar-refractivity contribution < 1.29 is 14.7 Å². The van der Waals surface area contributed by atoms with E-state index in [2.05, 4.69) is 0 Å². The molecule has 0 aromatic heterocycles. The van der Waals surface area contributed by atoms with E-state index in [1.165, 1.54) is 6.92 Å². The van der Waals surface area contributed by atoms with Crippen molar-refractivity contribution in [2.75, 3.05) is 0 Å². The van der Waals surface area contributed by atoms with Crippen LogP contribution in [0.4, 0.5) is 0 Å². The molecule has 2 atom stereocenters. The highest BCUT2D eigenvalue weighted by atomic mass is 32.2. The molecule has 3 nitrogen and oxygen atoms in total. The molecule has 0 fully saturated rings. The molecule has 0 bridgehead atoms. The first-order valence-corrected chi connectivity index (χ1v) is 6.82. The van der Waals surface area contributed by atoms with E-state index in [1.807, 2.05) is 30.3 Å². The van der Waals surface area contributed by atoms with Crippen molar-refractivity contribution in [1.82, 2.24) is 0 Å². The Balaban J connectivity index is 2.58. The molecule has 18 heavy (non-hydrogen) atoms. The van der Waals surface area contributed by atoms with Gasteiger partial charge in [-0.25, -0.2) is 0 Å². The Morgan fingerprint density at radius 1 is 1.28 bits per heavy atom. The zero-order valence-electron chi connectivity index (χ0n) is 10.6. The lowest BCUT2D eigenvalue weighted by Crippen LogP contribution is -2.25. The Bertz CT molecular complexity index is 403. The van der Waals surface area contributed by atoms with Gasteiger partial charge in [-0.15, -0.1) is 0 Å². The number of hydrogen-bond donors (Lipinski definition) is 1. The zero-order valence-corrected chi connectivity index (χ0v) is 11.4. The molecule has 0 saturated carbocycles. The summed E-state index contributed by atoms with van der Waals surface area (Å²) in [5.41, 5.74) is 1.13. The lowest BCUT2D eigenvalue weighted by Gasteiger charge is -2.18. The van der Waals surface area contributed by atoms with Crippen LogP contribution in [0.15, 0.2) is 30.3 Å². The van der Waals surface area contributed by atoms with Crippen LogP contribution in [0, 0.1) is 5.92 Å². The van der Waals surface area contributed by atoms with Crippen LogP contribution < -0.4 is 0 Å². The van der Waals surface area contributed by atoms with Gasteiger partial charge in [-0.1, -0.05) is 49.0 Å². The van der Waals surface area contributed by atoms with Crippen LogP contribution in [0.1, 0.15) is 25.8 Å². The molecule has 0 aliphatic rings. The van der Waals surface area contributed by atoms with Gasteiger partial charge in [-0.3, -0.25) is 9.59 Å².